The van der Waals surface area contributed by atoms with E-state index in [1.165, 1.54) is 24.3 Å². The molecule has 1 aromatic carbocycles. The normalized spacial score (nSPS) is 23.2. The fourth-order valence-electron chi connectivity index (χ4n) is 4.08. The minimum atomic E-state index is -5.02. The number of piperazine rings is 1. The Morgan fingerprint density at radius 1 is 1.06 bits per heavy atom. The second-order valence-corrected chi connectivity index (χ2v) is 9.56. The zero-order chi connectivity index (χ0) is 24.4. The average molecular weight is 472 g/mol. The summed E-state index contributed by atoms with van der Waals surface area (Å²) in [6, 6.07) is 4.83. The molecule has 0 radical (unpaired) electrons. The van der Waals surface area contributed by atoms with Crippen LogP contribution >= 0.6 is 0 Å². The quantitative estimate of drug-likeness (QED) is 0.628. The molecule has 2 saturated heterocycles. The fourth-order valence-corrected chi connectivity index (χ4v) is 4.08. The molecule has 2 aliphatic heterocycles. The first kappa shape index (κ1) is 25.5. The average Bonchev–Trinajstić information content (AvgIpc) is 2.73. The van der Waals surface area contributed by atoms with E-state index in [4.69, 9.17) is 9.47 Å². The summed E-state index contributed by atoms with van der Waals surface area (Å²) >= 11 is 0. The van der Waals surface area contributed by atoms with Gasteiger partial charge in [0.05, 0.1) is 12.2 Å². The Labute approximate surface area is 192 Å². The van der Waals surface area contributed by atoms with Crippen molar-refractivity contribution in [3.8, 4) is 0 Å². The molecule has 2 heterocycles. The number of hydrogen-bond donors (Lipinski definition) is 0. The van der Waals surface area contributed by atoms with Crippen molar-refractivity contribution < 1.29 is 32.2 Å². The molecule has 10 heteroatoms. The Balaban J connectivity index is 1.81. The summed E-state index contributed by atoms with van der Waals surface area (Å²) in [4.78, 5) is 29.8. The molecule has 3 rings (SSSR count). The molecule has 2 atom stereocenters. The van der Waals surface area contributed by atoms with Gasteiger partial charge in [-0.1, -0.05) is 0 Å². The van der Waals surface area contributed by atoms with Crippen LogP contribution in [0.2, 0.25) is 0 Å². The van der Waals surface area contributed by atoms with Gasteiger partial charge in [-0.05, 0) is 58.5 Å². The van der Waals surface area contributed by atoms with Crippen LogP contribution in [0.5, 0.6) is 0 Å². The number of ether oxygens (including phenoxy) is 2. The summed E-state index contributed by atoms with van der Waals surface area (Å²) in [5.41, 5.74) is -0.405. The minimum Gasteiger partial charge on any atom is -0.456 e. The summed E-state index contributed by atoms with van der Waals surface area (Å²) in [7, 11) is 2.02. The fraction of sp³-hybridized carbons (Fsp3) is 0.652. The van der Waals surface area contributed by atoms with Gasteiger partial charge in [0.15, 0.2) is 0 Å². The Hall–Kier alpha value is -2.17. The van der Waals surface area contributed by atoms with E-state index >= 15 is 0 Å². The van der Waals surface area contributed by atoms with E-state index in [1.54, 1.807) is 20.8 Å². The number of hydrogen-bond acceptors (Lipinski definition) is 6. The molecule has 184 valence electrons. The molecule has 1 amide bonds. The lowest BCUT2D eigenvalue weighted by Gasteiger charge is -2.43. The second-order valence-electron chi connectivity index (χ2n) is 9.56. The van der Waals surface area contributed by atoms with Crippen LogP contribution in [0.25, 0.3) is 0 Å². The molecule has 7 nitrogen and oxygen atoms in total. The third-order valence-electron chi connectivity index (χ3n) is 5.79. The summed E-state index contributed by atoms with van der Waals surface area (Å²) in [5, 5.41) is 0. The molecule has 2 aliphatic rings. The third kappa shape index (κ3) is 6.68. The number of carbonyl (C=O) groups is 2. The van der Waals surface area contributed by atoms with Crippen LogP contribution in [-0.4, -0.2) is 85.6 Å². The highest BCUT2D eigenvalue weighted by molar-refractivity contribution is 5.98. The first-order valence-corrected chi connectivity index (χ1v) is 11.1. The van der Waals surface area contributed by atoms with E-state index in [0.717, 1.165) is 31.1 Å². The van der Waals surface area contributed by atoms with Crippen LogP contribution in [0.4, 0.5) is 18.9 Å². The molecule has 0 saturated carbocycles. The number of carbonyl (C=O) groups excluding carboxylic acids is 2. The smallest absolute Gasteiger partial charge is 0.456 e. The molecule has 0 N–H and O–H groups in total. The molecule has 0 aliphatic carbocycles. The summed E-state index contributed by atoms with van der Waals surface area (Å²) in [5.74, 6) is -2.50. The number of likely N-dealkylation sites (N-methyl/N-ethyl adjacent to an activating group) is 1. The highest BCUT2D eigenvalue weighted by Crippen LogP contribution is 2.32. The Bertz CT molecular complexity index is 831. The highest BCUT2D eigenvalue weighted by atomic mass is 19.4. The molecule has 2 fully saturated rings. The van der Waals surface area contributed by atoms with Crippen LogP contribution in [0.3, 0.4) is 0 Å². The molecule has 0 bridgehead atoms. The molecular formula is C23H32F3N3O4. The van der Waals surface area contributed by atoms with Crippen molar-refractivity contribution in [3.05, 3.63) is 29.8 Å². The highest BCUT2D eigenvalue weighted by Gasteiger charge is 2.46. The van der Waals surface area contributed by atoms with Gasteiger partial charge in [0.25, 0.3) is 0 Å². The molecule has 0 spiro atoms. The van der Waals surface area contributed by atoms with Crippen LogP contribution in [0.15, 0.2) is 24.3 Å². The number of nitrogens with zero attached hydrogens (tertiary/aromatic N) is 3. The summed E-state index contributed by atoms with van der Waals surface area (Å²) in [6.07, 6.45) is -4.80. The van der Waals surface area contributed by atoms with Gasteiger partial charge in [0.2, 0.25) is 0 Å². The van der Waals surface area contributed by atoms with Crippen molar-refractivity contribution in [3.63, 3.8) is 0 Å². The van der Waals surface area contributed by atoms with E-state index in [0.29, 0.717) is 6.42 Å². The lowest BCUT2D eigenvalue weighted by atomic mass is 10.0. The number of benzene rings is 1. The first-order chi connectivity index (χ1) is 15.3. The third-order valence-corrected chi connectivity index (χ3v) is 5.79. The van der Waals surface area contributed by atoms with Gasteiger partial charge in [0, 0.05) is 44.3 Å². The topological polar surface area (TPSA) is 62.3 Å². The zero-order valence-corrected chi connectivity index (χ0v) is 19.5. The first-order valence-electron chi connectivity index (χ1n) is 11.1. The van der Waals surface area contributed by atoms with Crippen molar-refractivity contribution in [1.82, 2.24) is 9.80 Å². The predicted molar refractivity (Wildman–Crippen MR) is 117 cm³/mol. The SMILES string of the molecule is CN1CCN(C2CC(N(C(=O)C(F)(F)F)c3ccc(C(=O)OC(C)(C)C)cc3)CCO2)CC1. The number of rotatable bonds is 4. The van der Waals surface area contributed by atoms with Gasteiger partial charge in [-0.2, -0.15) is 13.2 Å². The summed E-state index contributed by atoms with van der Waals surface area (Å²) in [6.45, 7) is 8.65. The van der Waals surface area contributed by atoms with Crippen LogP contribution in [-0.2, 0) is 14.3 Å². The van der Waals surface area contributed by atoms with Crippen LogP contribution < -0.4 is 4.90 Å². The van der Waals surface area contributed by atoms with Gasteiger partial charge < -0.3 is 19.3 Å². The zero-order valence-electron chi connectivity index (χ0n) is 19.5. The van der Waals surface area contributed by atoms with E-state index in [2.05, 4.69) is 9.80 Å². The molecule has 2 unspecified atom stereocenters. The number of esters is 1. The van der Waals surface area contributed by atoms with Crippen molar-refractivity contribution in [2.75, 3.05) is 44.7 Å². The lowest BCUT2D eigenvalue weighted by molar-refractivity contribution is -0.172. The van der Waals surface area contributed by atoms with E-state index in [9.17, 15) is 22.8 Å². The maximum Gasteiger partial charge on any atom is 0.471 e. The van der Waals surface area contributed by atoms with Crippen LogP contribution in [0, 0.1) is 0 Å². The Kier molecular flexibility index (Phi) is 7.70. The molecular weight excluding hydrogens is 439 g/mol. The van der Waals surface area contributed by atoms with E-state index in [1.807, 2.05) is 7.05 Å². The Morgan fingerprint density at radius 2 is 1.67 bits per heavy atom. The maximum atomic E-state index is 13.5. The number of halogens is 3. The number of anilines is 1. The monoisotopic (exact) mass is 471 g/mol. The van der Waals surface area contributed by atoms with Gasteiger partial charge >= 0.3 is 18.1 Å². The van der Waals surface area contributed by atoms with E-state index in [-0.39, 0.29) is 30.5 Å². The van der Waals surface area contributed by atoms with Crippen LogP contribution in [0.1, 0.15) is 44.0 Å². The van der Waals surface area contributed by atoms with Gasteiger partial charge in [-0.15, -0.1) is 0 Å². The molecule has 0 aromatic heterocycles. The van der Waals surface area contributed by atoms with Crippen molar-refractivity contribution in [1.29, 1.82) is 0 Å². The Morgan fingerprint density at radius 3 is 2.21 bits per heavy atom. The van der Waals surface area contributed by atoms with Gasteiger partial charge in [0.1, 0.15) is 11.8 Å². The number of alkyl halides is 3. The number of amides is 1. The largest absolute Gasteiger partial charge is 0.471 e. The second kappa shape index (κ2) is 9.99. The van der Waals surface area contributed by atoms with E-state index < -0.39 is 29.7 Å². The standard InChI is InChI=1S/C23H32F3N3O4/c1-22(2,3)33-20(30)16-5-7-17(8-6-16)29(21(31)23(24,25)26)18-9-14-32-19(15-18)28-12-10-27(4)11-13-28/h5-8,18-19H,9-15H2,1-4H3. The molecule has 33 heavy (non-hydrogen) atoms. The van der Waals surface area contributed by atoms with Crippen molar-refractivity contribution in [2.45, 2.75) is 57.7 Å². The molecule has 1 aromatic rings. The maximum absolute atomic E-state index is 13.5. The predicted octanol–water partition coefficient (Wildman–Crippen LogP) is 3.29. The summed E-state index contributed by atoms with van der Waals surface area (Å²) < 4.78 is 51.7. The minimum absolute atomic E-state index is 0.0914. The van der Waals surface area contributed by atoms with Crippen molar-refractivity contribution >= 4 is 17.6 Å². The van der Waals surface area contributed by atoms with Crippen molar-refractivity contribution in [2.24, 2.45) is 0 Å². The lowest BCUT2D eigenvalue weighted by Crippen LogP contribution is -2.56. The van der Waals surface area contributed by atoms with Gasteiger partial charge in [-0.3, -0.25) is 9.69 Å². The van der Waals surface area contributed by atoms with Gasteiger partial charge in [-0.25, -0.2) is 4.79 Å².